The van der Waals surface area contributed by atoms with E-state index in [9.17, 15) is 4.79 Å². The number of nitrogens with zero attached hydrogens (tertiary/aromatic N) is 2. The van der Waals surface area contributed by atoms with Crippen molar-refractivity contribution >= 4 is 23.8 Å². The van der Waals surface area contributed by atoms with Crippen molar-refractivity contribution in [1.29, 1.82) is 0 Å². The van der Waals surface area contributed by atoms with Gasteiger partial charge in [-0.2, -0.15) is 5.10 Å². The van der Waals surface area contributed by atoms with Crippen molar-refractivity contribution < 1.29 is 0 Å². The number of anilines is 1. The molecule has 0 atom stereocenters. The average Bonchev–Trinajstić information content (AvgIpc) is 2.30. The minimum absolute atomic E-state index is 0.216. The molecule has 0 aliphatic carbocycles. The third-order valence-electron chi connectivity index (χ3n) is 2.12. The van der Waals surface area contributed by atoms with Gasteiger partial charge in [-0.15, -0.1) is 0 Å². The van der Waals surface area contributed by atoms with Crippen LogP contribution in [0.1, 0.15) is 11.3 Å². The molecule has 0 aliphatic heterocycles. The molecule has 2 aromatic rings. The Morgan fingerprint density at radius 2 is 2.11 bits per heavy atom. The molecule has 1 aromatic carbocycles. The summed E-state index contributed by atoms with van der Waals surface area (Å²) in [6.07, 6.45) is 1.61. The number of hydrogen-bond donors (Lipinski definition) is 2. The second-order valence-electron chi connectivity index (χ2n) is 3.66. The van der Waals surface area contributed by atoms with Gasteiger partial charge in [0.25, 0.3) is 5.56 Å². The molecule has 0 saturated carbocycles. The lowest BCUT2D eigenvalue weighted by molar-refractivity contribution is 1.04. The first-order valence-corrected chi connectivity index (χ1v) is 5.64. The quantitative estimate of drug-likeness (QED) is 0.658. The number of aromatic amines is 1. The number of halogens is 1. The minimum atomic E-state index is -0.216. The van der Waals surface area contributed by atoms with Crippen LogP contribution in [0, 0.1) is 6.92 Å². The van der Waals surface area contributed by atoms with E-state index in [0.717, 1.165) is 5.56 Å². The number of nitrogens with one attached hydrogen (secondary N) is 2. The maximum Gasteiger partial charge on any atom is 0.252 e. The van der Waals surface area contributed by atoms with E-state index in [2.05, 4.69) is 20.5 Å². The van der Waals surface area contributed by atoms with Crippen LogP contribution >= 0.6 is 11.6 Å². The molecule has 6 heteroatoms. The van der Waals surface area contributed by atoms with Gasteiger partial charge in [0.05, 0.1) is 6.21 Å². The van der Waals surface area contributed by atoms with Crippen molar-refractivity contribution in [3.8, 4) is 0 Å². The molecule has 0 bridgehead atoms. The number of benzene rings is 1. The van der Waals surface area contributed by atoms with E-state index in [1.54, 1.807) is 25.3 Å². The highest BCUT2D eigenvalue weighted by molar-refractivity contribution is 6.30. The summed E-state index contributed by atoms with van der Waals surface area (Å²) in [7, 11) is 0. The van der Waals surface area contributed by atoms with E-state index in [-0.39, 0.29) is 5.56 Å². The lowest BCUT2D eigenvalue weighted by atomic mass is 10.2. The van der Waals surface area contributed by atoms with Crippen molar-refractivity contribution in [2.75, 3.05) is 5.43 Å². The van der Waals surface area contributed by atoms with Crippen molar-refractivity contribution in [3.05, 3.63) is 57.0 Å². The molecule has 0 amide bonds. The Kier molecular flexibility index (Phi) is 3.74. The normalized spacial score (nSPS) is 10.8. The summed E-state index contributed by atoms with van der Waals surface area (Å²) >= 11 is 5.77. The summed E-state index contributed by atoms with van der Waals surface area (Å²) in [6, 6.07) is 8.62. The van der Waals surface area contributed by atoms with Crippen LogP contribution in [0.2, 0.25) is 5.02 Å². The van der Waals surface area contributed by atoms with Gasteiger partial charge in [0.2, 0.25) is 5.95 Å². The van der Waals surface area contributed by atoms with Crippen LogP contribution in [0.4, 0.5) is 5.95 Å². The van der Waals surface area contributed by atoms with Crippen molar-refractivity contribution in [2.45, 2.75) is 6.92 Å². The second kappa shape index (κ2) is 5.46. The molecule has 0 unspecified atom stereocenters. The predicted octanol–water partition coefficient (Wildman–Crippen LogP) is 2.18. The number of aromatic nitrogens is 2. The third-order valence-corrected chi connectivity index (χ3v) is 2.38. The van der Waals surface area contributed by atoms with Gasteiger partial charge in [-0.05, 0) is 24.6 Å². The molecule has 0 fully saturated rings. The molecule has 0 aliphatic rings. The molecule has 92 valence electrons. The van der Waals surface area contributed by atoms with E-state index in [1.807, 2.05) is 12.1 Å². The number of hydrogen-bond acceptors (Lipinski definition) is 4. The molecular formula is C12H11ClN4O. The molecule has 1 heterocycles. The van der Waals surface area contributed by atoms with E-state index < -0.39 is 0 Å². The standard InChI is InChI=1S/C12H11ClN4O/c1-8-6-11(18)16-12(15-8)17-14-7-9-2-4-10(13)5-3-9/h2-7H,1H3,(H2,15,16,17,18). The first-order chi connectivity index (χ1) is 8.63. The summed E-state index contributed by atoms with van der Waals surface area (Å²) < 4.78 is 0. The second-order valence-corrected chi connectivity index (χ2v) is 4.09. The van der Waals surface area contributed by atoms with E-state index in [4.69, 9.17) is 11.6 Å². The Bertz CT molecular complexity index is 619. The van der Waals surface area contributed by atoms with Crippen LogP contribution in [0.15, 0.2) is 40.2 Å². The fourth-order valence-electron chi connectivity index (χ4n) is 1.35. The van der Waals surface area contributed by atoms with Gasteiger partial charge < -0.3 is 0 Å². The summed E-state index contributed by atoms with van der Waals surface area (Å²) in [5, 5.41) is 4.64. The van der Waals surface area contributed by atoms with Gasteiger partial charge in [-0.1, -0.05) is 23.7 Å². The largest absolute Gasteiger partial charge is 0.291 e. The molecule has 0 radical (unpaired) electrons. The third kappa shape index (κ3) is 3.43. The molecular weight excluding hydrogens is 252 g/mol. The van der Waals surface area contributed by atoms with Gasteiger partial charge in [-0.25, -0.2) is 10.4 Å². The van der Waals surface area contributed by atoms with E-state index in [1.165, 1.54) is 6.07 Å². The van der Waals surface area contributed by atoms with Crippen LogP contribution in [-0.2, 0) is 0 Å². The number of H-pyrrole nitrogens is 1. The monoisotopic (exact) mass is 262 g/mol. The zero-order valence-corrected chi connectivity index (χ0v) is 10.4. The molecule has 1 aromatic heterocycles. The lowest BCUT2D eigenvalue weighted by Crippen LogP contribution is -2.10. The Balaban J connectivity index is 2.07. The number of hydrazone groups is 1. The fraction of sp³-hybridized carbons (Fsp3) is 0.0833. The first-order valence-electron chi connectivity index (χ1n) is 5.26. The summed E-state index contributed by atoms with van der Waals surface area (Å²) in [4.78, 5) is 17.8. The van der Waals surface area contributed by atoms with Crippen molar-refractivity contribution in [2.24, 2.45) is 5.10 Å². The van der Waals surface area contributed by atoms with Crippen LogP contribution in [0.3, 0.4) is 0 Å². The highest BCUT2D eigenvalue weighted by atomic mass is 35.5. The van der Waals surface area contributed by atoms with Gasteiger partial charge in [0.15, 0.2) is 0 Å². The molecule has 18 heavy (non-hydrogen) atoms. The van der Waals surface area contributed by atoms with Crippen molar-refractivity contribution in [1.82, 2.24) is 9.97 Å². The maximum atomic E-state index is 11.2. The van der Waals surface area contributed by atoms with Crippen LogP contribution < -0.4 is 11.0 Å². The van der Waals surface area contributed by atoms with Gasteiger partial charge in [0, 0.05) is 16.8 Å². The SMILES string of the molecule is Cc1cc(=O)[nH]c(NN=Cc2ccc(Cl)cc2)n1. The summed E-state index contributed by atoms with van der Waals surface area (Å²) in [5.74, 6) is 0.310. The van der Waals surface area contributed by atoms with Crippen LogP contribution in [-0.4, -0.2) is 16.2 Å². The summed E-state index contributed by atoms with van der Waals surface area (Å²) in [5.41, 5.74) is 3.96. The number of rotatable bonds is 3. The van der Waals surface area contributed by atoms with Gasteiger partial charge >= 0.3 is 0 Å². The topological polar surface area (TPSA) is 70.1 Å². The molecule has 2 rings (SSSR count). The van der Waals surface area contributed by atoms with Crippen molar-refractivity contribution in [3.63, 3.8) is 0 Å². The zero-order chi connectivity index (χ0) is 13.0. The van der Waals surface area contributed by atoms with Gasteiger partial charge in [0.1, 0.15) is 0 Å². The highest BCUT2D eigenvalue weighted by Crippen LogP contribution is 2.07. The fourth-order valence-corrected chi connectivity index (χ4v) is 1.47. The lowest BCUT2D eigenvalue weighted by Gasteiger charge is -1.99. The Morgan fingerprint density at radius 1 is 1.39 bits per heavy atom. The predicted molar refractivity (Wildman–Crippen MR) is 72.3 cm³/mol. The highest BCUT2D eigenvalue weighted by Gasteiger charge is 1.95. The smallest absolute Gasteiger partial charge is 0.252 e. The van der Waals surface area contributed by atoms with E-state index >= 15 is 0 Å². The zero-order valence-electron chi connectivity index (χ0n) is 9.64. The molecule has 0 saturated heterocycles. The first kappa shape index (κ1) is 12.3. The van der Waals surface area contributed by atoms with E-state index in [0.29, 0.717) is 16.7 Å². The Morgan fingerprint density at radius 3 is 2.78 bits per heavy atom. The minimum Gasteiger partial charge on any atom is -0.291 e. The molecule has 0 spiro atoms. The van der Waals surface area contributed by atoms with Crippen LogP contribution in [0.25, 0.3) is 0 Å². The Labute approximate surface area is 109 Å². The van der Waals surface area contributed by atoms with Crippen LogP contribution in [0.5, 0.6) is 0 Å². The number of aryl methyl sites for hydroxylation is 1. The molecule has 5 nitrogen and oxygen atoms in total. The summed E-state index contributed by atoms with van der Waals surface area (Å²) in [6.45, 7) is 1.74. The average molecular weight is 263 g/mol. The van der Waals surface area contributed by atoms with Gasteiger partial charge in [-0.3, -0.25) is 9.78 Å². The molecule has 2 N–H and O–H groups in total. The Hall–Kier alpha value is -2.14. The maximum absolute atomic E-state index is 11.2.